The maximum absolute atomic E-state index is 12.5. The van der Waals surface area contributed by atoms with Crippen LogP contribution in [0.1, 0.15) is 23.7 Å². The van der Waals surface area contributed by atoms with Crippen molar-refractivity contribution in [2.45, 2.75) is 13.3 Å². The summed E-state index contributed by atoms with van der Waals surface area (Å²) in [6.45, 7) is 5.30. The second-order valence-corrected chi connectivity index (χ2v) is 5.54. The third-order valence-corrected chi connectivity index (χ3v) is 3.81. The monoisotopic (exact) mass is 316 g/mol. The molecule has 23 heavy (non-hydrogen) atoms. The van der Waals surface area contributed by atoms with E-state index in [1.165, 1.54) is 0 Å². The highest BCUT2D eigenvalue weighted by Gasteiger charge is 2.22. The van der Waals surface area contributed by atoms with Crippen LogP contribution >= 0.6 is 0 Å². The lowest BCUT2D eigenvalue weighted by Crippen LogP contribution is -2.47. The quantitative estimate of drug-likeness (QED) is 0.868. The average Bonchev–Trinajstić information content (AvgIpc) is 2.59. The Balaban J connectivity index is 1.91. The van der Waals surface area contributed by atoms with Gasteiger partial charge in [-0.3, -0.25) is 4.79 Å². The lowest BCUT2D eigenvalue weighted by atomic mass is 10.1. The Morgan fingerprint density at radius 1 is 1.30 bits per heavy atom. The zero-order valence-electron chi connectivity index (χ0n) is 13.1. The lowest BCUT2D eigenvalue weighted by Gasteiger charge is -2.27. The fraction of sp³-hybridized carbons (Fsp3) is 0.412. The summed E-state index contributed by atoms with van der Waals surface area (Å²) in [4.78, 5) is 26.3. The molecule has 0 bridgehead atoms. The molecule has 1 aliphatic rings. The van der Waals surface area contributed by atoms with Gasteiger partial charge in [-0.05, 0) is 24.6 Å². The summed E-state index contributed by atoms with van der Waals surface area (Å²) in [6.07, 6.45) is 0.903. The normalized spacial score (nSPS) is 14.9. The highest BCUT2D eigenvalue weighted by Crippen LogP contribution is 2.21. The van der Waals surface area contributed by atoms with Gasteiger partial charge in [-0.1, -0.05) is 6.92 Å². The van der Waals surface area contributed by atoms with Gasteiger partial charge in [-0.25, -0.2) is 4.79 Å². The van der Waals surface area contributed by atoms with E-state index in [1.807, 2.05) is 13.0 Å². The number of nitrogens with one attached hydrogen (secondary N) is 1. The molecule has 0 atom stereocenters. The van der Waals surface area contributed by atoms with Crippen LogP contribution in [-0.4, -0.2) is 43.6 Å². The second-order valence-electron chi connectivity index (χ2n) is 5.54. The maximum atomic E-state index is 12.5. The van der Waals surface area contributed by atoms with E-state index in [0.29, 0.717) is 36.4 Å². The zero-order valence-corrected chi connectivity index (χ0v) is 13.1. The van der Waals surface area contributed by atoms with Gasteiger partial charge in [0.2, 0.25) is 0 Å². The number of piperazine rings is 1. The molecule has 1 saturated heterocycles. The average molecular weight is 316 g/mol. The van der Waals surface area contributed by atoms with Crippen molar-refractivity contribution in [3.8, 4) is 5.75 Å². The van der Waals surface area contributed by atoms with Crippen LogP contribution in [0.3, 0.4) is 0 Å². The molecule has 1 amide bonds. The van der Waals surface area contributed by atoms with Crippen LogP contribution in [0.2, 0.25) is 0 Å². The predicted molar refractivity (Wildman–Crippen MR) is 87.0 cm³/mol. The molecule has 0 aliphatic carbocycles. The molecule has 1 fully saturated rings. The molecule has 3 rings (SSSR count). The summed E-state index contributed by atoms with van der Waals surface area (Å²) in [5.74, 6) is 0.386. The van der Waals surface area contributed by atoms with E-state index in [4.69, 9.17) is 9.15 Å². The summed E-state index contributed by atoms with van der Waals surface area (Å²) in [5.41, 5.74) is -0.0873. The molecule has 1 aromatic carbocycles. The molecule has 6 heteroatoms. The number of carbonyl (C=O) groups is 1. The van der Waals surface area contributed by atoms with Gasteiger partial charge >= 0.3 is 5.63 Å². The number of benzene rings is 1. The smallest absolute Gasteiger partial charge is 0.349 e. The van der Waals surface area contributed by atoms with E-state index in [9.17, 15) is 9.59 Å². The Hall–Kier alpha value is -2.34. The van der Waals surface area contributed by atoms with Crippen molar-refractivity contribution in [3.05, 3.63) is 40.2 Å². The number of ether oxygens (including phenoxy) is 1. The topological polar surface area (TPSA) is 71.8 Å². The number of carbonyl (C=O) groups excluding carboxylic acids is 1. The molecule has 0 spiro atoms. The molecule has 1 aromatic heterocycles. The first-order valence-electron chi connectivity index (χ1n) is 7.89. The molecule has 0 radical (unpaired) electrons. The standard InChI is InChI=1S/C17H20N2O4/c1-2-9-22-13-4-3-12-10-14(17(21)23-15(12)11-13)16(20)19-7-5-18-6-8-19/h3-4,10-11,18H,2,5-9H2,1H3. The van der Waals surface area contributed by atoms with E-state index in [1.54, 1.807) is 23.1 Å². The molecule has 2 aromatic rings. The lowest BCUT2D eigenvalue weighted by molar-refractivity contribution is 0.0731. The molecule has 2 heterocycles. The first-order chi connectivity index (χ1) is 11.2. The Bertz CT molecular complexity index is 763. The first kappa shape index (κ1) is 15.6. The van der Waals surface area contributed by atoms with Crippen LogP contribution in [0.15, 0.2) is 33.5 Å². The zero-order chi connectivity index (χ0) is 16.2. The molecule has 122 valence electrons. The van der Waals surface area contributed by atoms with Crippen LogP contribution in [-0.2, 0) is 0 Å². The number of nitrogens with zero attached hydrogens (tertiary/aromatic N) is 1. The summed E-state index contributed by atoms with van der Waals surface area (Å²) >= 11 is 0. The number of fused-ring (bicyclic) bond motifs is 1. The maximum Gasteiger partial charge on any atom is 0.349 e. The van der Waals surface area contributed by atoms with E-state index in [-0.39, 0.29) is 11.5 Å². The highest BCUT2D eigenvalue weighted by atomic mass is 16.5. The summed E-state index contributed by atoms with van der Waals surface area (Å²) in [5, 5.41) is 3.89. The Kier molecular flexibility index (Phi) is 4.62. The van der Waals surface area contributed by atoms with Gasteiger partial charge in [0.25, 0.3) is 5.91 Å². The molecule has 6 nitrogen and oxygen atoms in total. The van der Waals surface area contributed by atoms with E-state index in [2.05, 4.69) is 5.32 Å². The first-order valence-corrected chi connectivity index (χ1v) is 7.89. The molecular formula is C17H20N2O4. The summed E-state index contributed by atoms with van der Waals surface area (Å²) < 4.78 is 10.9. The van der Waals surface area contributed by atoms with E-state index in [0.717, 1.165) is 19.5 Å². The van der Waals surface area contributed by atoms with Gasteiger partial charge in [-0.2, -0.15) is 0 Å². The summed E-state index contributed by atoms with van der Waals surface area (Å²) in [7, 11) is 0. The summed E-state index contributed by atoms with van der Waals surface area (Å²) in [6, 6.07) is 6.91. The second kappa shape index (κ2) is 6.83. The van der Waals surface area contributed by atoms with E-state index >= 15 is 0 Å². The Morgan fingerprint density at radius 2 is 2.09 bits per heavy atom. The predicted octanol–water partition coefficient (Wildman–Crippen LogP) is 1.63. The van der Waals surface area contributed by atoms with Crippen LogP contribution < -0.4 is 15.7 Å². The molecule has 0 unspecified atom stereocenters. The van der Waals surface area contributed by atoms with Crippen molar-refractivity contribution < 1.29 is 13.9 Å². The minimum Gasteiger partial charge on any atom is -0.493 e. The van der Waals surface area contributed by atoms with Gasteiger partial charge in [0.15, 0.2) is 0 Å². The van der Waals surface area contributed by atoms with Crippen molar-refractivity contribution >= 4 is 16.9 Å². The van der Waals surface area contributed by atoms with Crippen molar-refractivity contribution in [2.75, 3.05) is 32.8 Å². The van der Waals surface area contributed by atoms with Crippen molar-refractivity contribution in [3.63, 3.8) is 0 Å². The van der Waals surface area contributed by atoms with Gasteiger partial charge in [0.05, 0.1) is 6.61 Å². The molecular weight excluding hydrogens is 296 g/mol. The third-order valence-electron chi connectivity index (χ3n) is 3.81. The van der Waals surface area contributed by atoms with Gasteiger partial charge in [-0.15, -0.1) is 0 Å². The molecule has 1 aliphatic heterocycles. The van der Waals surface area contributed by atoms with Gasteiger partial charge in [0, 0.05) is 37.6 Å². The Labute approximate surface area is 134 Å². The van der Waals surface area contributed by atoms with Gasteiger partial charge in [0.1, 0.15) is 16.9 Å². The van der Waals surface area contributed by atoms with Crippen molar-refractivity contribution in [1.29, 1.82) is 0 Å². The van der Waals surface area contributed by atoms with E-state index < -0.39 is 5.63 Å². The highest BCUT2D eigenvalue weighted by molar-refractivity contribution is 5.96. The van der Waals surface area contributed by atoms with Crippen LogP contribution in [0, 0.1) is 0 Å². The van der Waals surface area contributed by atoms with Gasteiger partial charge < -0.3 is 19.4 Å². The largest absolute Gasteiger partial charge is 0.493 e. The third kappa shape index (κ3) is 3.37. The minimum absolute atomic E-state index is 0.0848. The van der Waals surface area contributed by atoms with Crippen molar-refractivity contribution in [1.82, 2.24) is 10.2 Å². The Morgan fingerprint density at radius 3 is 2.83 bits per heavy atom. The fourth-order valence-electron chi connectivity index (χ4n) is 2.59. The number of amides is 1. The molecule has 1 N–H and O–H groups in total. The minimum atomic E-state index is -0.603. The van der Waals surface area contributed by atoms with Crippen LogP contribution in [0.4, 0.5) is 0 Å². The van der Waals surface area contributed by atoms with Crippen LogP contribution in [0.25, 0.3) is 11.0 Å². The van der Waals surface area contributed by atoms with Crippen LogP contribution in [0.5, 0.6) is 5.75 Å². The number of hydrogen-bond donors (Lipinski definition) is 1. The SMILES string of the molecule is CCCOc1ccc2cc(C(=O)N3CCNCC3)c(=O)oc2c1. The fourth-order valence-corrected chi connectivity index (χ4v) is 2.59. The number of rotatable bonds is 4. The van der Waals surface area contributed by atoms with Crippen molar-refractivity contribution in [2.24, 2.45) is 0 Å². The number of hydrogen-bond acceptors (Lipinski definition) is 5. The molecule has 0 saturated carbocycles.